The lowest BCUT2D eigenvalue weighted by atomic mass is 9.98. The third-order valence-electron chi connectivity index (χ3n) is 5.31. The van der Waals surface area contributed by atoms with Crippen LogP contribution in [0.2, 0.25) is 5.02 Å². The maximum Gasteiger partial charge on any atom is 0.416 e. The zero-order chi connectivity index (χ0) is 22.7. The van der Waals surface area contributed by atoms with Crippen molar-refractivity contribution in [3.8, 4) is 11.5 Å². The van der Waals surface area contributed by atoms with Crippen LogP contribution in [-0.4, -0.2) is 34.2 Å². The fourth-order valence-electron chi connectivity index (χ4n) is 3.57. The molecule has 0 radical (unpaired) electrons. The summed E-state index contributed by atoms with van der Waals surface area (Å²) in [5.41, 5.74) is 0.605. The molecule has 0 aliphatic carbocycles. The van der Waals surface area contributed by atoms with Crippen molar-refractivity contribution in [2.24, 2.45) is 0 Å². The molecule has 0 spiro atoms. The molecule has 1 saturated heterocycles. The minimum atomic E-state index is -4.40. The molecule has 1 aliphatic rings. The van der Waals surface area contributed by atoms with Gasteiger partial charge in [-0.15, -0.1) is 10.2 Å². The largest absolute Gasteiger partial charge is 0.420 e. The molecular formula is C22H20ClF3N4O2. The second kappa shape index (κ2) is 9.20. The molecular weight excluding hydrogens is 445 g/mol. The number of amides is 2. The van der Waals surface area contributed by atoms with Gasteiger partial charge in [0.2, 0.25) is 11.8 Å². The van der Waals surface area contributed by atoms with Gasteiger partial charge in [0.1, 0.15) is 0 Å². The monoisotopic (exact) mass is 464 g/mol. The van der Waals surface area contributed by atoms with Gasteiger partial charge in [0, 0.05) is 30.2 Å². The molecule has 6 nitrogen and oxygen atoms in total. The Morgan fingerprint density at radius 1 is 1.12 bits per heavy atom. The molecule has 2 aromatic carbocycles. The predicted octanol–water partition coefficient (Wildman–Crippen LogP) is 5.50. The number of piperidine rings is 1. The first-order valence-corrected chi connectivity index (χ1v) is 10.5. The number of aromatic nitrogens is 2. The highest BCUT2D eigenvalue weighted by Crippen LogP contribution is 2.32. The standard InChI is InChI=1S/C22H20ClF3N4O2/c23-18-9-3-14(4-10-18)12-27-21(31)30-11-1-2-16(13-30)20-29-28-19(32-20)15-5-7-17(8-6-15)22(24,25)26/h3-10,16H,1-2,11-13H2,(H,27,31). The van der Waals surface area contributed by atoms with E-state index in [1.807, 2.05) is 12.1 Å². The summed E-state index contributed by atoms with van der Waals surface area (Å²) in [6.45, 7) is 1.42. The summed E-state index contributed by atoms with van der Waals surface area (Å²) in [7, 11) is 0. The number of nitrogens with zero attached hydrogens (tertiary/aromatic N) is 3. The lowest BCUT2D eigenvalue weighted by Crippen LogP contribution is -2.44. The molecule has 1 unspecified atom stereocenters. The van der Waals surface area contributed by atoms with Crippen molar-refractivity contribution in [3.05, 3.63) is 70.6 Å². The minimum Gasteiger partial charge on any atom is -0.420 e. The molecule has 1 fully saturated rings. The second-order valence-corrected chi connectivity index (χ2v) is 8.03. The Balaban J connectivity index is 1.37. The van der Waals surface area contributed by atoms with Gasteiger partial charge in [0.15, 0.2) is 0 Å². The third-order valence-corrected chi connectivity index (χ3v) is 5.57. The number of urea groups is 1. The van der Waals surface area contributed by atoms with E-state index in [2.05, 4.69) is 15.5 Å². The SMILES string of the molecule is O=C(NCc1ccc(Cl)cc1)N1CCCC(c2nnc(-c3ccc(C(F)(F)F)cc3)o2)C1. The van der Waals surface area contributed by atoms with E-state index in [4.69, 9.17) is 16.0 Å². The summed E-state index contributed by atoms with van der Waals surface area (Å²) >= 11 is 5.88. The van der Waals surface area contributed by atoms with Crippen LogP contribution in [0.15, 0.2) is 52.9 Å². The number of nitrogens with one attached hydrogen (secondary N) is 1. The van der Waals surface area contributed by atoms with Gasteiger partial charge >= 0.3 is 12.2 Å². The summed E-state index contributed by atoms with van der Waals surface area (Å²) in [5.74, 6) is 0.383. The van der Waals surface area contributed by atoms with Crippen molar-refractivity contribution in [1.29, 1.82) is 0 Å². The number of carbonyl (C=O) groups is 1. The van der Waals surface area contributed by atoms with Crippen molar-refractivity contribution in [2.75, 3.05) is 13.1 Å². The zero-order valence-electron chi connectivity index (χ0n) is 16.9. The van der Waals surface area contributed by atoms with Gasteiger partial charge in [-0.3, -0.25) is 0 Å². The lowest BCUT2D eigenvalue weighted by Gasteiger charge is -2.31. The third kappa shape index (κ3) is 5.21. The number of alkyl halides is 3. The van der Waals surface area contributed by atoms with Crippen molar-refractivity contribution >= 4 is 17.6 Å². The van der Waals surface area contributed by atoms with E-state index in [-0.39, 0.29) is 17.8 Å². The molecule has 3 aromatic rings. The molecule has 1 aromatic heterocycles. The quantitative estimate of drug-likeness (QED) is 0.553. The molecule has 2 amide bonds. The van der Waals surface area contributed by atoms with Crippen molar-refractivity contribution < 1.29 is 22.4 Å². The highest BCUT2D eigenvalue weighted by Gasteiger charge is 2.31. The van der Waals surface area contributed by atoms with Crippen LogP contribution in [-0.2, 0) is 12.7 Å². The van der Waals surface area contributed by atoms with Gasteiger partial charge in [-0.2, -0.15) is 13.2 Å². The van der Waals surface area contributed by atoms with Crippen molar-refractivity contribution in [3.63, 3.8) is 0 Å². The van der Waals surface area contributed by atoms with Gasteiger partial charge in [-0.25, -0.2) is 4.79 Å². The fraction of sp³-hybridized carbons (Fsp3) is 0.318. The summed E-state index contributed by atoms with van der Waals surface area (Å²) in [5, 5.41) is 11.6. The number of rotatable bonds is 4. The Labute approximate surface area is 187 Å². The van der Waals surface area contributed by atoms with E-state index in [9.17, 15) is 18.0 Å². The smallest absolute Gasteiger partial charge is 0.416 e. The highest BCUT2D eigenvalue weighted by molar-refractivity contribution is 6.30. The second-order valence-electron chi connectivity index (χ2n) is 7.59. The molecule has 0 saturated carbocycles. The Hall–Kier alpha value is -3.07. The van der Waals surface area contributed by atoms with Gasteiger partial charge in [-0.05, 0) is 54.8 Å². The highest BCUT2D eigenvalue weighted by atomic mass is 35.5. The van der Waals surface area contributed by atoms with Gasteiger partial charge in [0.25, 0.3) is 0 Å². The van der Waals surface area contributed by atoms with Crippen LogP contribution in [0.25, 0.3) is 11.5 Å². The molecule has 32 heavy (non-hydrogen) atoms. The Morgan fingerprint density at radius 2 is 1.84 bits per heavy atom. The van der Waals surface area contributed by atoms with Crippen LogP contribution in [0.4, 0.5) is 18.0 Å². The van der Waals surface area contributed by atoms with Crippen molar-refractivity contribution in [1.82, 2.24) is 20.4 Å². The van der Waals surface area contributed by atoms with E-state index < -0.39 is 11.7 Å². The molecule has 4 rings (SSSR count). The summed E-state index contributed by atoms with van der Waals surface area (Å²) in [4.78, 5) is 14.3. The van der Waals surface area contributed by atoms with E-state index >= 15 is 0 Å². The Bertz CT molecular complexity index is 1070. The number of halogens is 4. The number of likely N-dealkylation sites (tertiary alicyclic amines) is 1. The maximum atomic E-state index is 12.7. The first-order valence-electron chi connectivity index (χ1n) is 10.1. The van der Waals surface area contributed by atoms with Crippen LogP contribution in [0, 0.1) is 0 Å². The number of hydrogen-bond acceptors (Lipinski definition) is 4. The van der Waals surface area contributed by atoms with Crippen LogP contribution in [0.3, 0.4) is 0 Å². The minimum absolute atomic E-state index is 0.138. The van der Waals surface area contributed by atoms with E-state index in [1.54, 1.807) is 17.0 Å². The van der Waals surface area contributed by atoms with Crippen LogP contribution in [0.5, 0.6) is 0 Å². The molecule has 168 valence electrons. The normalized spacial score (nSPS) is 16.8. The average Bonchev–Trinajstić information content (AvgIpc) is 3.28. The molecule has 1 N–H and O–H groups in total. The molecule has 0 bridgehead atoms. The summed E-state index contributed by atoms with van der Waals surface area (Å²) in [6, 6.07) is 11.6. The molecule has 1 atom stereocenters. The van der Waals surface area contributed by atoms with E-state index in [0.717, 1.165) is 30.5 Å². The van der Waals surface area contributed by atoms with Gasteiger partial charge in [0.05, 0.1) is 11.5 Å². The maximum absolute atomic E-state index is 12.7. The molecule has 1 aliphatic heterocycles. The molecule has 10 heteroatoms. The zero-order valence-corrected chi connectivity index (χ0v) is 17.7. The summed E-state index contributed by atoms with van der Waals surface area (Å²) in [6.07, 6.45) is -2.86. The van der Waals surface area contributed by atoms with Gasteiger partial charge < -0.3 is 14.6 Å². The molecule has 2 heterocycles. The van der Waals surface area contributed by atoms with Crippen LogP contribution < -0.4 is 5.32 Å². The number of benzene rings is 2. The van der Waals surface area contributed by atoms with Gasteiger partial charge in [-0.1, -0.05) is 23.7 Å². The van der Waals surface area contributed by atoms with E-state index in [0.29, 0.717) is 36.1 Å². The Kier molecular flexibility index (Phi) is 6.36. The van der Waals surface area contributed by atoms with Crippen LogP contribution in [0.1, 0.15) is 35.8 Å². The predicted molar refractivity (Wildman–Crippen MR) is 112 cm³/mol. The van der Waals surface area contributed by atoms with E-state index in [1.165, 1.54) is 12.1 Å². The first kappa shape index (κ1) is 22.1. The average molecular weight is 465 g/mol. The summed E-state index contributed by atoms with van der Waals surface area (Å²) < 4.78 is 44.0. The lowest BCUT2D eigenvalue weighted by molar-refractivity contribution is -0.137. The number of carbonyl (C=O) groups excluding carboxylic acids is 1. The van der Waals surface area contributed by atoms with Crippen molar-refractivity contribution in [2.45, 2.75) is 31.5 Å². The topological polar surface area (TPSA) is 71.3 Å². The fourth-order valence-corrected chi connectivity index (χ4v) is 3.70. The number of hydrogen-bond donors (Lipinski definition) is 1. The first-order chi connectivity index (χ1) is 15.3. The van der Waals surface area contributed by atoms with Crippen LogP contribution >= 0.6 is 11.6 Å². The Morgan fingerprint density at radius 3 is 2.53 bits per heavy atom.